The minimum atomic E-state index is -0.987. The number of amides is 5. The van der Waals surface area contributed by atoms with Crippen molar-refractivity contribution in [1.82, 2.24) is 5.32 Å². The number of nitrogens with one attached hydrogen (secondary N) is 2. The van der Waals surface area contributed by atoms with E-state index in [1.807, 2.05) is 26.0 Å². The monoisotopic (exact) mass is 514 g/mol. The van der Waals surface area contributed by atoms with Crippen LogP contribution in [-0.2, 0) is 14.4 Å². The van der Waals surface area contributed by atoms with Crippen LogP contribution in [-0.4, -0.2) is 35.3 Å². The first kappa shape index (κ1) is 25.8. The molecule has 0 unspecified atom stereocenters. The van der Waals surface area contributed by atoms with Crippen molar-refractivity contribution in [3.05, 3.63) is 99.1 Å². The highest BCUT2D eigenvalue weighted by atomic mass is 16.6. The maximum absolute atomic E-state index is 13.1. The van der Waals surface area contributed by atoms with Crippen LogP contribution in [0.5, 0.6) is 5.75 Å². The maximum Gasteiger partial charge on any atom is 0.335 e. The van der Waals surface area contributed by atoms with E-state index in [1.54, 1.807) is 30.3 Å². The molecule has 0 spiro atoms. The molecule has 1 aliphatic heterocycles. The van der Waals surface area contributed by atoms with Crippen molar-refractivity contribution in [2.45, 2.75) is 13.8 Å². The molecule has 1 aliphatic rings. The zero-order valence-corrected chi connectivity index (χ0v) is 20.4. The molecule has 11 heteroatoms. The molecule has 3 aromatic rings. The zero-order chi connectivity index (χ0) is 27.4. The van der Waals surface area contributed by atoms with Gasteiger partial charge in [-0.25, -0.2) is 9.69 Å². The van der Waals surface area contributed by atoms with E-state index in [0.717, 1.165) is 23.3 Å². The number of anilines is 2. The number of carbonyl (C=O) groups is 4. The average molecular weight is 514 g/mol. The van der Waals surface area contributed by atoms with Crippen LogP contribution in [0.3, 0.4) is 0 Å². The molecule has 1 heterocycles. The van der Waals surface area contributed by atoms with Crippen LogP contribution in [0.15, 0.2) is 72.3 Å². The van der Waals surface area contributed by atoms with E-state index in [2.05, 4.69) is 10.6 Å². The Morgan fingerprint density at radius 2 is 1.76 bits per heavy atom. The van der Waals surface area contributed by atoms with Crippen molar-refractivity contribution in [3.63, 3.8) is 0 Å². The molecule has 4 rings (SSSR count). The van der Waals surface area contributed by atoms with E-state index in [9.17, 15) is 29.3 Å². The van der Waals surface area contributed by atoms with Gasteiger partial charge in [0.15, 0.2) is 6.61 Å². The number of barbiturate groups is 1. The molecule has 0 saturated carbocycles. The molecular weight excluding hydrogens is 492 g/mol. The van der Waals surface area contributed by atoms with E-state index in [4.69, 9.17) is 4.74 Å². The lowest BCUT2D eigenvalue weighted by molar-refractivity contribution is -0.384. The van der Waals surface area contributed by atoms with Crippen LogP contribution < -0.4 is 20.3 Å². The summed E-state index contributed by atoms with van der Waals surface area (Å²) in [6.45, 7) is 3.49. The summed E-state index contributed by atoms with van der Waals surface area (Å²) in [5.74, 6) is -2.01. The molecule has 0 bridgehead atoms. The topological polar surface area (TPSA) is 148 Å². The van der Waals surface area contributed by atoms with Crippen molar-refractivity contribution >= 4 is 46.9 Å². The van der Waals surface area contributed by atoms with Gasteiger partial charge >= 0.3 is 6.03 Å². The zero-order valence-electron chi connectivity index (χ0n) is 20.4. The minimum absolute atomic E-state index is 0.0455. The Hall–Kier alpha value is -5.32. The third-order valence-electron chi connectivity index (χ3n) is 5.65. The molecule has 0 radical (unpaired) electrons. The number of ether oxygens (including phenoxy) is 1. The van der Waals surface area contributed by atoms with Gasteiger partial charge in [0.1, 0.15) is 11.3 Å². The fourth-order valence-corrected chi connectivity index (χ4v) is 3.79. The SMILES string of the molecule is Cc1ccc(NC(=O)COc2ccccc2/C=C2/C(=O)NC(=O)N(c3ccc([N+](=O)[O-])cc3)C2=O)c(C)c1. The van der Waals surface area contributed by atoms with Crippen LogP contribution in [0, 0.1) is 24.0 Å². The molecule has 11 nitrogen and oxygen atoms in total. The summed E-state index contributed by atoms with van der Waals surface area (Å²) in [6.07, 6.45) is 1.25. The smallest absolute Gasteiger partial charge is 0.335 e. The second-order valence-electron chi connectivity index (χ2n) is 8.42. The number of carbonyl (C=O) groups excluding carboxylic acids is 4. The predicted molar refractivity (Wildman–Crippen MR) is 139 cm³/mol. The van der Waals surface area contributed by atoms with Gasteiger partial charge in [-0.05, 0) is 49.8 Å². The Labute approximate surface area is 216 Å². The normalized spacial score (nSPS) is 14.3. The summed E-state index contributed by atoms with van der Waals surface area (Å²) < 4.78 is 5.67. The first-order valence-electron chi connectivity index (χ1n) is 11.4. The Morgan fingerprint density at radius 3 is 2.45 bits per heavy atom. The molecule has 0 aromatic heterocycles. The number of hydrogen-bond donors (Lipinski definition) is 2. The number of para-hydroxylation sites is 1. The molecule has 1 saturated heterocycles. The highest BCUT2D eigenvalue weighted by molar-refractivity contribution is 6.39. The number of non-ortho nitro benzene ring substituents is 1. The number of aryl methyl sites for hydroxylation is 2. The second-order valence-corrected chi connectivity index (χ2v) is 8.42. The molecule has 0 atom stereocenters. The van der Waals surface area contributed by atoms with Gasteiger partial charge in [0.25, 0.3) is 23.4 Å². The lowest BCUT2D eigenvalue weighted by Gasteiger charge is -2.26. The van der Waals surface area contributed by atoms with E-state index in [-0.39, 0.29) is 29.3 Å². The van der Waals surface area contributed by atoms with Crippen LogP contribution >= 0.6 is 0 Å². The first-order chi connectivity index (χ1) is 18.1. The third-order valence-corrected chi connectivity index (χ3v) is 5.65. The number of nitro benzene ring substituents is 1. The summed E-state index contributed by atoms with van der Waals surface area (Å²) in [4.78, 5) is 61.6. The summed E-state index contributed by atoms with van der Waals surface area (Å²) >= 11 is 0. The maximum atomic E-state index is 13.1. The van der Waals surface area contributed by atoms with E-state index in [1.165, 1.54) is 18.2 Å². The third kappa shape index (κ3) is 5.57. The molecule has 2 N–H and O–H groups in total. The van der Waals surface area contributed by atoms with Gasteiger partial charge in [-0.3, -0.25) is 29.8 Å². The van der Waals surface area contributed by atoms with Gasteiger partial charge in [-0.1, -0.05) is 35.9 Å². The number of hydrogen-bond acceptors (Lipinski definition) is 7. The van der Waals surface area contributed by atoms with Crippen molar-refractivity contribution in [2.24, 2.45) is 0 Å². The Morgan fingerprint density at radius 1 is 1.05 bits per heavy atom. The number of nitro groups is 1. The van der Waals surface area contributed by atoms with Crippen molar-refractivity contribution in [2.75, 3.05) is 16.8 Å². The highest BCUT2D eigenvalue weighted by Crippen LogP contribution is 2.27. The Kier molecular flexibility index (Phi) is 7.28. The lowest BCUT2D eigenvalue weighted by atomic mass is 10.1. The van der Waals surface area contributed by atoms with Crippen LogP contribution in [0.25, 0.3) is 6.08 Å². The second kappa shape index (κ2) is 10.7. The minimum Gasteiger partial charge on any atom is -0.483 e. The fourth-order valence-electron chi connectivity index (χ4n) is 3.79. The van der Waals surface area contributed by atoms with E-state index < -0.39 is 28.7 Å². The molecule has 5 amide bonds. The number of urea groups is 1. The van der Waals surface area contributed by atoms with Crippen molar-refractivity contribution in [1.29, 1.82) is 0 Å². The highest BCUT2D eigenvalue weighted by Gasteiger charge is 2.37. The van der Waals surface area contributed by atoms with Gasteiger partial charge in [0, 0.05) is 23.4 Å². The number of rotatable bonds is 7. The summed E-state index contributed by atoms with van der Waals surface area (Å²) in [5, 5.41) is 15.8. The summed E-state index contributed by atoms with van der Waals surface area (Å²) in [5.41, 5.74) is 2.40. The molecular formula is C27H22N4O7. The van der Waals surface area contributed by atoms with Gasteiger partial charge < -0.3 is 10.1 Å². The van der Waals surface area contributed by atoms with Gasteiger partial charge in [-0.2, -0.15) is 0 Å². The van der Waals surface area contributed by atoms with Gasteiger partial charge in [0.05, 0.1) is 10.6 Å². The number of benzene rings is 3. The molecule has 3 aromatic carbocycles. The van der Waals surface area contributed by atoms with Crippen molar-refractivity contribution in [3.8, 4) is 5.75 Å². The summed E-state index contributed by atoms with van der Waals surface area (Å²) in [6, 6.07) is 15.8. The largest absolute Gasteiger partial charge is 0.483 e. The quantitative estimate of drug-likeness (QED) is 0.210. The van der Waals surface area contributed by atoms with Crippen LogP contribution in [0.1, 0.15) is 16.7 Å². The Bertz CT molecular complexity index is 1500. The van der Waals surface area contributed by atoms with E-state index >= 15 is 0 Å². The lowest BCUT2D eigenvalue weighted by Crippen LogP contribution is -2.54. The summed E-state index contributed by atoms with van der Waals surface area (Å²) in [7, 11) is 0. The molecule has 192 valence electrons. The van der Waals surface area contributed by atoms with Crippen LogP contribution in [0.2, 0.25) is 0 Å². The molecule has 38 heavy (non-hydrogen) atoms. The number of imide groups is 2. The average Bonchev–Trinajstić information content (AvgIpc) is 2.87. The van der Waals surface area contributed by atoms with Crippen molar-refractivity contribution < 1.29 is 28.8 Å². The van der Waals surface area contributed by atoms with Gasteiger partial charge in [0.2, 0.25) is 0 Å². The Balaban J connectivity index is 1.54. The van der Waals surface area contributed by atoms with Gasteiger partial charge in [-0.15, -0.1) is 0 Å². The molecule has 1 fully saturated rings. The van der Waals surface area contributed by atoms with Crippen LogP contribution in [0.4, 0.5) is 21.9 Å². The molecule has 0 aliphatic carbocycles. The number of nitrogens with zero attached hydrogens (tertiary/aromatic N) is 2. The van der Waals surface area contributed by atoms with E-state index in [0.29, 0.717) is 16.2 Å². The first-order valence-corrected chi connectivity index (χ1v) is 11.4. The predicted octanol–water partition coefficient (Wildman–Crippen LogP) is 3.90. The fraction of sp³-hybridized carbons (Fsp3) is 0.111. The standard InChI is InChI=1S/C27H22N4O7/c1-16-7-12-22(17(2)13-16)28-24(32)15-38-23-6-4-3-5-18(23)14-21-25(33)29-27(35)30(26(21)34)19-8-10-20(11-9-19)31(36)37/h3-14H,15H2,1-2H3,(H,28,32)(H,29,33,35)/b21-14-.